The number of halogens is 5. The zero-order chi connectivity index (χ0) is 28.5. The molecule has 4 rings (SSSR count). The molecule has 0 aliphatic carbocycles. The standard InChI is InChI=1S/C24H25ClF4N8O2/c1-23(2,30)13-31-21-32-19(33-37(21)17-6-4-3-5-16(17)26)12-36-22(39)35(11-18(38)24(27,28)29)20(34-36)14-7-9-15(25)10-8-14/h3-10,18,38H,11-13,30H2,1-2H3,(H,31,32,33)/t18-/m0/s1. The normalized spacial score (nSPS) is 13.1. The molecule has 4 N–H and O–H groups in total. The Bertz CT molecular complexity index is 1510. The van der Waals surface area contributed by atoms with E-state index in [-0.39, 0.29) is 36.4 Å². The molecule has 4 aromatic rings. The summed E-state index contributed by atoms with van der Waals surface area (Å²) >= 11 is 5.92. The Balaban J connectivity index is 1.76. The number of nitrogens with two attached hydrogens (primary N) is 1. The lowest BCUT2D eigenvalue weighted by atomic mass is 10.1. The summed E-state index contributed by atoms with van der Waals surface area (Å²) in [5, 5.41) is 21.5. The zero-order valence-corrected chi connectivity index (χ0v) is 21.6. The van der Waals surface area contributed by atoms with E-state index in [4.69, 9.17) is 17.3 Å². The summed E-state index contributed by atoms with van der Waals surface area (Å²) in [7, 11) is 0. The number of nitrogens with zero attached hydrogens (tertiary/aromatic N) is 6. The lowest BCUT2D eigenvalue weighted by Gasteiger charge is -2.19. The Morgan fingerprint density at radius 2 is 1.77 bits per heavy atom. The number of aliphatic hydroxyl groups is 1. The molecule has 0 spiro atoms. The van der Waals surface area contributed by atoms with Crippen LogP contribution in [-0.2, 0) is 13.1 Å². The van der Waals surface area contributed by atoms with Gasteiger partial charge in [0.15, 0.2) is 17.8 Å². The van der Waals surface area contributed by atoms with E-state index in [2.05, 4.69) is 20.5 Å². The minimum atomic E-state index is -4.96. The quantitative estimate of drug-likeness (QED) is 0.264. The molecule has 2 aromatic carbocycles. The van der Waals surface area contributed by atoms with Gasteiger partial charge >= 0.3 is 11.9 Å². The first-order chi connectivity index (χ1) is 18.2. The second kappa shape index (κ2) is 10.8. The van der Waals surface area contributed by atoms with Crippen LogP contribution in [0.15, 0.2) is 53.3 Å². The lowest BCUT2D eigenvalue weighted by molar-refractivity contribution is -0.207. The van der Waals surface area contributed by atoms with E-state index in [1.54, 1.807) is 19.9 Å². The first-order valence-electron chi connectivity index (χ1n) is 11.6. The third-order valence-corrected chi connectivity index (χ3v) is 5.74. The SMILES string of the molecule is CC(C)(N)CNc1nc(Cn2nc(-c3ccc(Cl)cc3)n(C[C@H](O)C(F)(F)F)c2=O)nn1-c1ccccc1F. The molecule has 0 amide bonds. The Morgan fingerprint density at radius 1 is 1.10 bits per heavy atom. The number of rotatable bonds is 9. The first-order valence-corrected chi connectivity index (χ1v) is 12.0. The average Bonchev–Trinajstić information content (AvgIpc) is 3.39. The van der Waals surface area contributed by atoms with Crippen molar-refractivity contribution < 1.29 is 22.7 Å². The van der Waals surface area contributed by atoms with Gasteiger partial charge in [0.05, 0.1) is 6.54 Å². The number of nitrogens with one attached hydrogen (secondary N) is 1. The smallest absolute Gasteiger partial charge is 0.382 e. The number of anilines is 1. The van der Waals surface area contributed by atoms with E-state index in [0.717, 1.165) is 4.68 Å². The lowest BCUT2D eigenvalue weighted by Crippen LogP contribution is -2.40. The number of hydrogen-bond donors (Lipinski definition) is 3. The van der Waals surface area contributed by atoms with Gasteiger partial charge in [-0.15, -0.1) is 10.2 Å². The van der Waals surface area contributed by atoms with Crippen molar-refractivity contribution in [1.82, 2.24) is 29.1 Å². The van der Waals surface area contributed by atoms with Crippen molar-refractivity contribution >= 4 is 17.5 Å². The van der Waals surface area contributed by atoms with Crippen LogP contribution in [0.5, 0.6) is 0 Å². The van der Waals surface area contributed by atoms with Gasteiger partial charge in [-0.2, -0.15) is 22.8 Å². The largest absolute Gasteiger partial charge is 0.416 e. The highest BCUT2D eigenvalue weighted by molar-refractivity contribution is 6.30. The van der Waals surface area contributed by atoms with E-state index in [0.29, 0.717) is 15.2 Å². The summed E-state index contributed by atoms with van der Waals surface area (Å²) in [4.78, 5) is 17.5. The number of benzene rings is 2. The van der Waals surface area contributed by atoms with Crippen LogP contribution in [0.4, 0.5) is 23.5 Å². The van der Waals surface area contributed by atoms with Gasteiger partial charge in [-0.1, -0.05) is 23.7 Å². The fourth-order valence-electron chi connectivity index (χ4n) is 3.57. The highest BCUT2D eigenvalue weighted by atomic mass is 35.5. The first kappa shape index (κ1) is 28.3. The summed E-state index contributed by atoms with van der Waals surface area (Å²) in [6, 6.07) is 11.8. The number of aliphatic hydroxyl groups excluding tert-OH is 1. The van der Waals surface area contributed by atoms with Crippen LogP contribution in [-0.4, -0.2) is 58.6 Å². The van der Waals surface area contributed by atoms with Gasteiger partial charge in [0.1, 0.15) is 18.0 Å². The molecule has 0 saturated carbocycles. The Labute approximate surface area is 224 Å². The van der Waals surface area contributed by atoms with Gasteiger partial charge in [-0.25, -0.2) is 13.9 Å². The number of hydrogen-bond acceptors (Lipinski definition) is 7. The molecule has 0 unspecified atom stereocenters. The molecule has 2 aromatic heterocycles. The summed E-state index contributed by atoms with van der Waals surface area (Å²) in [6.45, 7) is 2.33. The van der Waals surface area contributed by atoms with Crippen LogP contribution in [0.25, 0.3) is 17.1 Å². The fourth-order valence-corrected chi connectivity index (χ4v) is 3.69. The van der Waals surface area contributed by atoms with E-state index in [9.17, 15) is 27.5 Å². The van der Waals surface area contributed by atoms with Crippen LogP contribution in [0.2, 0.25) is 5.02 Å². The topological polar surface area (TPSA) is 129 Å². The molecule has 0 aliphatic heterocycles. The van der Waals surface area contributed by atoms with Crippen molar-refractivity contribution in [2.24, 2.45) is 5.73 Å². The zero-order valence-electron chi connectivity index (χ0n) is 20.8. The molecular weight excluding hydrogens is 544 g/mol. The van der Waals surface area contributed by atoms with Crippen molar-refractivity contribution in [3.63, 3.8) is 0 Å². The van der Waals surface area contributed by atoms with E-state index in [1.807, 2.05) is 0 Å². The van der Waals surface area contributed by atoms with Crippen molar-refractivity contribution in [1.29, 1.82) is 0 Å². The van der Waals surface area contributed by atoms with Crippen LogP contribution in [0.3, 0.4) is 0 Å². The van der Waals surface area contributed by atoms with Gasteiger partial charge in [-0.05, 0) is 50.2 Å². The third kappa shape index (κ3) is 6.64. The molecule has 1 atom stereocenters. The Morgan fingerprint density at radius 3 is 2.38 bits per heavy atom. The summed E-state index contributed by atoms with van der Waals surface area (Å²) in [6.07, 6.45) is -7.77. The minimum absolute atomic E-state index is 0.0151. The minimum Gasteiger partial charge on any atom is -0.382 e. The molecule has 39 heavy (non-hydrogen) atoms. The van der Waals surface area contributed by atoms with Crippen LogP contribution in [0, 0.1) is 5.82 Å². The summed E-state index contributed by atoms with van der Waals surface area (Å²) in [5.41, 5.74) is 4.81. The van der Waals surface area contributed by atoms with Crippen molar-refractivity contribution in [3.8, 4) is 17.1 Å². The van der Waals surface area contributed by atoms with E-state index >= 15 is 0 Å². The highest BCUT2D eigenvalue weighted by Gasteiger charge is 2.39. The fraction of sp³-hybridized carbons (Fsp3) is 0.333. The number of aromatic nitrogens is 6. The van der Waals surface area contributed by atoms with Crippen molar-refractivity contribution in [2.75, 3.05) is 11.9 Å². The molecular formula is C24H25ClF4N8O2. The molecule has 10 nitrogen and oxygen atoms in total. The van der Waals surface area contributed by atoms with Crippen molar-refractivity contribution in [2.45, 2.75) is 44.8 Å². The third-order valence-electron chi connectivity index (χ3n) is 5.48. The maximum absolute atomic E-state index is 14.6. The summed E-state index contributed by atoms with van der Waals surface area (Å²) < 4.78 is 56.7. The molecule has 0 bridgehead atoms. The van der Waals surface area contributed by atoms with Crippen LogP contribution < -0.4 is 16.7 Å². The second-order valence-corrected chi connectivity index (χ2v) is 9.93. The highest BCUT2D eigenvalue weighted by Crippen LogP contribution is 2.24. The van der Waals surface area contributed by atoms with Crippen LogP contribution >= 0.6 is 11.6 Å². The second-order valence-electron chi connectivity index (χ2n) is 9.50. The van der Waals surface area contributed by atoms with Gasteiger partial charge in [0, 0.05) is 22.7 Å². The Hall–Kier alpha value is -3.75. The van der Waals surface area contributed by atoms with Gasteiger partial charge in [0.2, 0.25) is 5.95 Å². The maximum Gasteiger partial charge on any atom is 0.416 e. The molecule has 0 aliphatic rings. The number of alkyl halides is 3. The monoisotopic (exact) mass is 568 g/mol. The molecule has 15 heteroatoms. The summed E-state index contributed by atoms with van der Waals surface area (Å²) in [5.74, 6) is -0.568. The Kier molecular flexibility index (Phi) is 7.82. The van der Waals surface area contributed by atoms with Gasteiger partial charge in [0.25, 0.3) is 0 Å². The predicted molar refractivity (Wildman–Crippen MR) is 136 cm³/mol. The van der Waals surface area contributed by atoms with Gasteiger partial charge in [-0.3, -0.25) is 4.57 Å². The predicted octanol–water partition coefficient (Wildman–Crippen LogP) is 3.21. The molecule has 208 valence electrons. The molecule has 0 fully saturated rings. The van der Waals surface area contributed by atoms with Crippen molar-refractivity contribution in [3.05, 3.63) is 75.7 Å². The molecule has 0 radical (unpaired) electrons. The van der Waals surface area contributed by atoms with Crippen LogP contribution in [0.1, 0.15) is 19.7 Å². The maximum atomic E-state index is 14.6. The molecule has 2 heterocycles. The average molecular weight is 569 g/mol. The molecule has 0 saturated heterocycles. The number of para-hydroxylation sites is 1. The van der Waals surface area contributed by atoms with Gasteiger partial charge < -0.3 is 16.2 Å². The van der Waals surface area contributed by atoms with E-state index in [1.165, 1.54) is 47.1 Å². The van der Waals surface area contributed by atoms with E-state index < -0.39 is 35.9 Å².